The minimum atomic E-state index is -0.455. The molecule has 1 N–H and O–H groups in total. The molecule has 0 aliphatic rings. The van der Waals surface area contributed by atoms with Crippen molar-refractivity contribution in [3.8, 4) is 0 Å². The van der Waals surface area contributed by atoms with E-state index in [0.717, 1.165) is 30.7 Å². The van der Waals surface area contributed by atoms with Crippen molar-refractivity contribution >= 4 is 11.8 Å². The van der Waals surface area contributed by atoms with Crippen LogP contribution in [0.2, 0.25) is 0 Å². The van der Waals surface area contributed by atoms with Gasteiger partial charge in [0.25, 0.3) is 0 Å². The van der Waals surface area contributed by atoms with Crippen LogP contribution in [0.4, 0.5) is 0 Å². The van der Waals surface area contributed by atoms with E-state index in [-0.39, 0.29) is 0 Å². The number of aromatic nitrogens is 2. The second-order valence-electron chi connectivity index (χ2n) is 4.65. The van der Waals surface area contributed by atoms with Gasteiger partial charge < -0.3 is 9.63 Å². The summed E-state index contributed by atoms with van der Waals surface area (Å²) in [5, 5.41) is 14.0. The summed E-state index contributed by atoms with van der Waals surface area (Å²) in [5.74, 6) is 2.69. The van der Waals surface area contributed by atoms with Gasteiger partial charge in [-0.25, -0.2) is 0 Å². The van der Waals surface area contributed by atoms with Gasteiger partial charge >= 0.3 is 0 Å². The molecular formula is C15H20N2O2S. The van der Waals surface area contributed by atoms with Gasteiger partial charge in [-0.1, -0.05) is 48.8 Å². The summed E-state index contributed by atoms with van der Waals surface area (Å²) in [6, 6.07) is 9.67. The average molecular weight is 292 g/mol. The van der Waals surface area contributed by atoms with Crippen LogP contribution in [0, 0.1) is 0 Å². The molecule has 0 spiro atoms. The fraction of sp³-hybridized carbons (Fsp3) is 0.467. The lowest BCUT2D eigenvalue weighted by molar-refractivity contribution is 0.204. The largest absolute Gasteiger partial charge is 0.388 e. The summed E-state index contributed by atoms with van der Waals surface area (Å²) >= 11 is 1.60. The molecule has 1 aromatic heterocycles. The average Bonchev–Trinajstić information content (AvgIpc) is 2.94. The molecule has 0 amide bonds. The highest BCUT2D eigenvalue weighted by Crippen LogP contribution is 2.20. The highest BCUT2D eigenvalue weighted by atomic mass is 32.2. The maximum absolute atomic E-state index is 10.0. The van der Waals surface area contributed by atoms with Crippen LogP contribution in [-0.4, -0.2) is 21.0 Å². The molecule has 0 saturated carbocycles. The van der Waals surface area contributed by atoms with Crippen molar-refractivity contribution in [2.24, 2.45) is 0 Å². The van der Waals surface area contributed by atoms with Gasteiger partial charge in [0.05, 0.1) is 11.9 Å². The lowest BCUT2D eigenvalue weighted by Crippen LogP contribution is -2.00. The zero-order valence-electron chi connectivity index (χ0n) is 11.7. The van der Waals surface area contributed by atoms with Gasteiger partial charge in [0.15, 0.2) is 5.82 Å². The van der Waals surface area contributed by atoms with Crippen LogP contribution >= 0.6 is 11.8 Å². The number of nitrogens with zero attached hydrogens (tertiary/aromatic N) is 2. The number of rotatable bonds is 8. The van der Waals surface area contributed by atoms with Gasteiger partial charge in [0.2, 0.25) is 5.89 Å². The molecule has 0 aliphatic heterocycles. The lowest BCUT2D eigenvalue weighted by Gasteiger charge is -2.09. The zero-order valence-corrected chi connectivity index (χ0v) is 12.5. The van der Waals surface area contributed by atoms with Crippen molar-refractivity contribution in [3.63, 3.8) is 0 Å². The van der Waals surface area contributed by atoms with Crippen molar-refractivity contribution in [2.75, 3.05) is 5.75 Å². The highest BCUT2D eigenvalue weighted by molar-refractivity contribution is 7.98. The van der Waals surface area contributed by atoms with Crippen LogP contribution in [0.25, 0.3) is 0 Å². The predicted molar refractivity (Wildman–Crippen MR) is 80.5 cm³/mol. The number of aliphatic hydroxyl groups excluding tert-OH is 1. The van der Waals surface area contributed by atoms with E-state index in [1.807, 2.05) is 30.3 Å². The Bertz CT molecular complexity index is 502. The molecule has 4 nitrogen and oxygen atoms in total. The van der Waals surface area contributed by atoms with Gasteiger partial charge in [0, 0.05) is 12.2 Å². The number of hydrogen-bond donors (Lipinski definition) is 1. The maximum Gasteiger partial charge on any atom is 0.236 e. The molecule has 1 heterocycles. The second kappa shape index (κ2) is 8.07. The van der Waals surface area contributed by atoms with Gasteiger partial charge in [-0.2, -0.15) is 4.98 Å². The molecule has 5 heteroatoms. The van der Waals surface area contributed by atoms with Gasteiger partial charge in [-0.15, -0.1) is 11.8 Å². The third kappa shape index (κ3) is 4.65. The van der Waals surface area contributed by atoms with E-state index in [1.165, 1.54) is 0 Å². The first-order chi connectivity index (χ1) is 9.79. The first kappa shape index (κ1) is 15.1. The maximum atomic E-state index is 10.0. The summed E-state index contributed by atoms with van der Waals surface area (Å²) in [4.78, 5) is 4.34. The third-order valence-corrected chi connectivity index (χ3v) is 3.95. The van der Waals surface area contributed by atoms with Gasteiger partial charge in [0.1, 0.15) is 0 Å². The number of unbranched alkanes of at least 4 members (excludes halogenated alkanes) is 1. The molecule has 2 aromatic rings. The van der Waals surface area contributed by atoms with Crippen LogP contribution in [-0.2, 0) is 12.2 Å². The van der Waals surface area contributed by atoms with E-state index in [1.54, 1.807) is 11.8 Å². The first-order valence-corrected chi connectivity index (χ1v) is 8.07. The normalized spacial score (nSPS) is 12.5. The topological polar surface area (TPSA) is 59.2 Å². The van der Waals surface area contributed by atoms with Crippen molar-refractivity contribution < 1.29 is 9.63 Å². The monoisotopic (exact) mass is 292 g/mol. The molecule has 1 unspecified atom stereocenters. The molecular weight excluding hydrogens is 272 g/mol. The van der Waals surface area contributed by atoms with E-state index in [4.69, 9.17) is 4.52 Å². The summed E-state index contributed by atoms with van der Waals surface area (Å²) in [5.41, 5.74) is 0.939. The molecule has 0 bridgehead atoms. The minimum Gasteiger partial charge on any atom is -0.388 e. The van der Waals surface area contributed by atoms with Crippen molar-refractivity contribution in [1.82, 2.24) is 10.1 Å². The van der Waals surface area contributed by atoms with E-state index >= 15 is 0 Å². The standard InChI is InChI=1S/C15H20N2O2S/c1-2-3-9-14-16-15(19-17-14)11-20-10-13(18)12-7-5-4-6-8-12/h4-8,13,18H,2-3,9-11H2,1H3. The molecule has 0 aliphatic carbocycles. The van der Waals surface area contributed by atoms with Crippen LogP contribution in [0.1, 0.15) is 43.1 Å². The quantitative estimate of drug-likeness (QED) is 0.808. The molecule has 20 heavy (non-hydrogen) atoms. The number of hydrogen-bond acceptors (Lipinski definition) is 5. The highest BCUT2D eigenvalue weighted by Gasteiger charge is 2.10. The molecule has 0 saturated heterocycles. The summed E-state index contributed by atoms with van der Waals surface area (Å²) in [7, 11) is 0. The van der Waals surface area contributed by atoms with Crippen LogP contribution in [0.5, 0.6) is 0 Å². The van der Waals surface area contributed by atoms with Crippen molar-refractivity contribution in [3.05, 3.63) is 47.6 Å². The minimum absolute atomic E-state index is 0.455. The molecule has 108 valence electrons. The van der Waals surface area contributed by atoms with Gasteiger partial charge in [-0.3, -0.25) is 0 Å². The predicted octanol–water partition coefficient (Wildman–Crippen LogP) is 3.38. The Kier molecular flexibility index (Phi) is 6.08. The summed E-state index contributed by atoms with van der Waals surface area (Å²) < 4.78 is 5.19. The Labute approximate surface area is 123 Å². The number of thioether (sulfide) groups is 1. The molecule has 1 aromatic carbocycles. The second-order valence-corrected chi connectivity index (χ2v) is 5.68. The van der Waals surface area contributed by atoms with Crippen LogP contribution in [0.15, 0.2) is 34.9 Å². The van der Waals surface area contributed by atoms with Crippen LogP contribution < -0.4 is 0 Å². The first-order valence-electron chi connectivity index (χ1n) is 6.91. The smallest absolute Gasteiger partial charge is 0.236 e. The number of aryl methyl sites for hydroxylation is 1. The summed E-state index contributed by atoms with van der Waals surface area (Å²) in [6.07, 6.45) is 2.63. The number of aliphatic hydroxyl groups is 1. The third-order valence-electron chi connectivity index (χ3n) is 2.95. The van der Waals surface area contributed by atoms with E-state index in [0.29, 0.717) is 17.4 Å². The van der Waals surface area contributed by atoms with Crippen LogP contribution in [0.3, 0.4) is 0 Å². The Balaban J connectivity index is 1.74. The zero-order chi connectivity index (χ0) is 14.2. The molecule has 0 fully saturated rings. The Morgan fingerprint density at radius 1 is 1.30 bits per heavy atom. The van der Waals surface area contributed by atoms with E-state index < -0.39 is 6.10 Å². The molecule has 0 radical (unpaired) electrons. The Hall–Kier alpha value is -1.33. The van der Waals surface area contributed by atoms with E-state index in [9.17, 15) is 5.11 Å². The fourth-order valence-corrected chi connectivity index (χ4v) is 2.64. The SMILES string of the molecule is CCCCc1noc(CSCC(O)c2ccccc2)n1. The van der Waals surface area contributed by atoms with Crippen molar-refractivity contribution in [1.29, 1.82) is 0 Å². The Morgan fingerprint density at radius 3 is 2.85 bits per heavy atom. The van der Waals surface area contributed by atoms with Gasteiger partial charge in [-0.05, 0) is 12.0 Å². The molecule has 2 rings (SSSR count). The Morgan fingerprint density at radius 2 is 2.10 bits per heavy atom. The lowest BCUT2D eigenvalue weighted by atomic mass is 10.1. The fourth-order valence-electron chi connectivity index (χ4n) is 1.81. The molecule has 1 atom stereocenters. The van der Waals surface area contributed by atoms with Crippen molar-refractivity contribution in [2.45, 2.75) is 38.0 Å². The summed E-state index contributed by atoms with van der Waals surface area (Å²) in [6.45, 7) is 2.14. The number of benzene rings is 1. The van der Waals surface area contributed by atoms with E-state index in [2.05, 4.69) is 17.1 Å².